The van der Waals surface area contributed by atoms with Crippen molar-refractivity contribution in [3.05, 3.63) is 22.4 Å². The number of hydrogen-bond donors (Lipinski definition) is 2. The van der Waals surface area contributed by atoms with Crippen molar-refractivity contribution in [1.29, 1.82) is 0 Å². The number of nitrogens with zero attached hydrogens (tertiary/aromatic N) is 1. The lowest BCUT2D eigenvalue weighted by Crippen LogP contribution is -2.51. The molecule has 2 heterocycles. The molecular formula is C13H21N3O3S2. The quantitative estimate of drug-likeness (QED) is 0.845. The third kappa shape index (κ3) is 5.29. The largest absolute Gasteiger partial charge is 0.338 e. The molecule has 0 aliphatic carbocycles. The van der Waals surface area contributed by atoms with E-state index in [1.807, 2.05) is 17.5 Å². The number of sulfonamides is 1. The molecule has 2 rings (SSSR count). The highest BCUT2D eigenvalue weighted by Crippen LogP contribution is 2.13. The second kappa shape index (κ2) is 7.24. The summed E-state index contributed by atoms with van der Waals surface area (Å²) in [6, 6.07) is 3.68. The fraction of sp³-hybridized carbons (Fsp3) is 0.615. The lowest BCUT2D eigenvalue weighted by Gasteiger charge is -2.31. The summed E-state index contributed by atoms with van der Waals surface area (Å²) < 4.78 is 24.5. The highest BCUT2D eigenvalue weighted by atomic mass is 32.2. The number of piperidine rings is 1. The number of rotatable bonds is 5. The zero-order valence-corrected chi connectivity index (χ0v) is 13.7. The molecule has 6 nitrogen and oxygen atoms in total. The Labute approximate surface area is 129 Å². The van der Waals surface area contributed by atoms with E-state index in [1.165, 1.54) is 15.4 Å². The third-order valence-electron chi connectivity index (χ3n) is 3.43. The second-order valence-electron chi connectivity index (χ2n) is 5.19. The van der Waals surface area contributed by atoms with Crippen LogP contribution in [0.1, 0.15) is 17.7 Å². The van der Waals surface area contributed by atoms with E-state index in [1.54, 1.807) is 11.3 Å². The van der Waals surface area contributed by atoms with Crippen LogP contribution in [-0.2, 0) is 16.4 Å². The van der Waals surface area contributed by atoms with E-state index in [4.69, 9.17) is 0 Å². The van der Waals surface area contributed by atoms with Gasteiger partial charge in [0.2, 0.25) is 10.0 Å². The van der Waals surface area contributed by atoms with Gasteiger partial charge in [0, 0.05) is 30.6 Å². The van der Waals surface area contributed by atoms with E-state index >= 15 is 0 Å². The molecule has 1 aliphatic rings. The molecule has 1 aromatic rings. The van der Waals surface area contributed by atoms with Gasteiger partial charge < -0.3 is 10.6 Å². The van der Waals surface area contributed by atoms with Crippen molar-refractivity contribution >= 4 is 27.4 Å². The summed E-state index contributed by atoms with van der Waals surface area (Å²) in [4.78, 5) is 13.0. The van der Waals surface area contributed by atoms with Crippen molar-refractivity contribution in [1.82, 2.24) is 14.9 Å². The Bertz CT molecular complexity index is 557. The van der Waals surface area contributed by atoms with E-state index in [0.29, 0.717) is 19.6 Å². The molecule has 2 amide bonds. The van der Waals surface area contributed by atoms with Crippen molar-refractivity contribution in [2.45, 2.75) is 25.3 Å². The standard InChI is InChI=1S/C13H21N3O3S2/c1-21(18,19)16-8-2-4-11(10-16)15-13(17)14-7-6-12-5-3-9-20-12/h3,5,9,11H,2,4,6-8,10H2,1H3,(H2,14,15,17). The van der Waals surface area contributed by atoms with Crippen LogP contribution in [0.25, 0.3) is 0 Å². The van der Waals surface area contributed by atoms with Crippen molar-refractivity contribution in [2.24, 2.45) is 0 Å². The maximum atomic E-state index is 11.8. The van der Waals surface area contributed by atoms with Gasteiger partial charge in [0.05, 0.1) is 6.26 Å². The van der Waals surface area contributed by atoms with Crippen LogP contribution in [0.3, 0.4) is 0 Å². The SMILES string of the molecule is CS(=O)(=O)N1CCCC(NC(=O)NCCc2cccs2)C1. The van der Waals surface area contributed by atoms with Crippen molar-refractivity contribution < 1.29 is 13.2 Å². The topological polar surface area (TPSA) is 78.5 Å². The van der Waals surface area contributed by atoms with Crippen molar-refractivity contribution in [2.75, 3.05) is 25.9 Å². The summed E-state index contributed by atoms with van der Waals surface area (Å²) in [5, 5.41) is 7.67. The van der Waals surface area contributed by atoms with Crippen molar-refractivity contribution in [3.63, 3.8) is 0 Å². The van der Waals surface area contributed by atoms with E-state index in [9.17, 15) is 13.2 Å². The summed E-state index contributed by atoms with van der Waals surface area (Å²) >= 11 is 1.67. The predicted molar refractivity (Wildman–Crippen MR) is 84.0 cm³/mol. The van der Waals surface area contributed by atoms with E-state index in [-0.39, 0.29) is 12.1 Å². The lowest BCUT2D eigenvalue weighted by molar-refractivity contribution is 0.226. The van der Waals surface area contributed by atoms with Gasteiger partial charge in [0.25, 0.3) is 0 Å². The molecule has 0 bridgehead atoms. The first-order valence-electron chi connectivity index (χ1n) is 6.97. The number of urea groups is 1. The molecule has 118 valence electrons. The normalized spacial score (nSPS) is 20.1. The minimum atomic E-state index is -3.18. The molecule has 2 N–H and O–H groups in total. The predicted octanol–water partition coefficient (Wildman–Crippen LogP) is 1.01. The molecule has 1 fully saturated rings. The van der Waals surface area contributed by atoms with Gasteiger partial charge in [0.1, 0.15) is 0 Å². The molecular weight excluding hydrogens is 310 g/mol. The van der Waals surface area contributed by atoms with Crippen LogP contribution in [0.4, 0.5) is 4.79 Å². The smallest absolute Gasteiger partial charge is 0.315 e. The minimum absolute atomic E-state index is 0.116. The van der Waals surface area contributed by atoms with Crippen LogP contribution >= 0.6 is 11.3 Å². The van der Waals surface area contributed by atoms with Crippen LogP contribution in [0.5, 0.6) is 0 Å². The van der Waals surface area contributed by atoms with Crippen LogP contribution in [0, 0.1) is 0 Å². The molecule has 0 radical (unpaired) electrons. The molecule has 0 spiro atoms. The molecule has 1 unspecified atom stereocenters. The Balaban J connectivity index is 1.72. The van der Waals surface area contributed by atoms with Crippen LogP contribution in [-0.4, -0.2) is 50.7 Å². The van der Waals surface area contributed by atoms with Gasteiger partial charge in [0.15, 0.2) is 0 Å². The first-order chi connectivity index (χ1) is 9.95. The Morgan fingerprint density at radius 1 is 1.52 bits per heavy atom. The minimum Gasteiger partial charge on any atom is -0.338 e. The molecule has 1 saturated heterocycles. The Morgan fingerprint density at radius 3 is 3.00 bits per heavy atom. The average Bonchev–Trinajstić information content (AvgIpc) is 2.91. The Morgan fingerprint density at radius 2 is 2.33 bits per heavy atom. The van der Waals surface area contributed by atoms with Gasteiger partial charge in [-0.1, -0.05) is 6.07 Å². The summed E-state index contributed by atoms with van der Waals surface area (Å²) in [6.07, 6.45) is 3.60. The molecule has 1 aromatic heterocycles. The maximum Gasteiger partial charge on any atom is 0.315 e. The monoisotopic (exact) mass is 331 g/mol. The molecule has 8 heteroatoms. The van der Waals surface area contributed by atoms with Crippen molar-refractivity contribution in [3.8, 4) is 0 Å². The first-order valence-corrected chi connectivity index (χ1v) is 9.70. The molecule has 1 aliphatic heterocycles. The van der Waals surface area contributed by atoms with E-state index < -0.39 is 10.0 Å². The van der Waals surface area contributed by atoms with Gasteiger partial charge in [-0.05, 0) is 30.7 Å². The molecule has 1 atom stereocenters. The fourth-order valence-electron chi connectivity index (χ4n) is 2.35. The van der Waals surface area contributed by atoms with Gasteiger partial charge in [-0.15, -0.1) is 11.3 Å². The zero-order valence-electron chi connectivity index (χ0n) is 12.0. The highest BCUT2D eigenvalue weighted by Gasteiger charge is 2.26. The third-order valence-corrected chi connectivity index (χ3v) is 5.63. The van der Waals surface area contributed by atoms with E-state index in [0.717, 1.165) is 19.3 Å². The number of amides is 2. The van der Waals surface area contributed by atoms with Gasteiger partial charge in [-0.2, -0.15) is 0 Å². The highest BCUT2D eigenvalue weighted by molar-refractivity contribution is 7.88. The fourth-order valence-corrected chi connectivity index (χ4v) is 3.97. The number of thiophene rings is 1. The second-order valence-corrected chi connectivity index (χ2v) is 8.20. The number of carbonyl (C=O) groups is 1. The zero-order chi connectivity index (χ0) is 15.3. The van der Waals surface area contributed by atoms with Gasteiger partial charge >= 0.3 is 6.03 Å². The molecule has 0 saturated carbocycles. The molecule has 21 heavy (non-hydrogen) atoms. The summed E-state index contributed by atoms with van der Waals surface area (Å²) in [5.74, 6) is 0. The molecule has 0 aromatic carbocycles. The Hall–Kier alpha value is -1.12. The number of carbonyl (C=O) groups excluding carboxylic acids is 1. The van der Waals surface area contributed by atoms with Crippen LogP contribution < -0.4 is 10.6 Å². The van der Waals surface area contributed by atoms with Gasteiger partial charge in [-0.25, -0.2) is 17.5 Å². The first kappa shape index (κ1) is 16.3. The lowest BCUT2D eigenvalue weighted by atomic mass is 10.1. The number of nitrogens with one attached hydrogen (secondary N) is 2. The summed E-state index contributed by atoms with van der Waals surface area (Å²) in [5.41, 5.74) is 0. The van der Waals surface area contributed by atoms with E-state index in [2.05, 4.69) is 10.6 Å². The Kier molecular flexibility index (Phi) is 5.60. The number of hydrogen-bond acceptors (Lipinski definition) is 4. The summed E-state index contributed by atoms with van der Waals surface area (Å²) in [6.45, 7) is 1.48. The average molecular weight is 331 g/mol. The summed E-state index contributed by atoms with van der Waals surface area (Å²) in [7, 11) is -3.18. The van der Waals surface area contributed by atoms with Crippen LogP contribution in [0.15, 0.2) is 17.5 Å². The van der Waals surface area contributed by atoms with Crippen LogP contribution in [0.2, 0.25) is 0 Å². The van der Waals surface area contributed by atoms with Gasteiger partial charge in [-0.3, -0.25) is 0 Å². The maximum absolute atomic E-state index is 11.8.